The van der Waals surface area contributed by atoms with Crippen LogP contribution in [0.3, 0.4) is 0 Å². The molecule has 1 aliphatic carbocycles. The molecule has 37 heavy (non-hydrogen) atoms. The van der Waals surface area contributed by atoms with Crippen molar-refractivity contribution >= 4 is 46.2 Å². The molecule has 1 saturated carbocycles. The third kappa shape index (κ3) is 5.78. The summed E-state index contributed by atoms with van der Waals surface area (Å²) in [6.45, 7) is 2.98. The van der Waals surface area contributed by atoms with Gasteiger partial charge in [-0.3, -0.25) is 4.31 Å². The Morgan fingerprint density at radius 2 is 2.08 bits per heavy atom. The minimum Gasteiger partial charge on any atom is -0.383 e. The molecule has 7 nitrogen and oxygen atoms in total. The number of halogens is 4. The maximum absolute atomic E-state index is 13.1. The first-order valence-corrected chi connectivity index (χ1v) is 14.2. The van der Waals surface area contributed by atoms with E-state index in [1.54, 1.807) is 18.3 Å². The zero-order valence-corrected chi connectivity index (χ0v) is 22.3. The second kappa shape index (κ2) is 10.9. The van der Waals surface area contributed by atoms with Crippen molar-refractivity contribution in [3.05, 3.63) is 40.4 Å². The van der Waals surface area contributed by atoms with Crippen molar-refractivity contribution < 1.29 is 13.2 Å². The summed E-state index contributed by atoms with van der Waals surface area (Å²) < 4.78 is 41.8. The Bertz CT molecular complexity index is 1250. The molecular formula is C25H31ClF3N7S. The van der Waals surface area contributed by atoms with Gasteiger partial charge in [0.25, 0.3) is 0 Å². The van der Waals surface area contributed by atoms with E-state index in [-0.39, 0.29) is 5.02 Å². The van der Waals surface area contributed by atoms with Crippen LogP contribution in [-0.2, 0) is 19.0 Å². The van der Waals surface area contributed by atoms with E-state index in [4.69, 9.17) is 17.3 Å². The molecule has 0 radical (unpaired) electrons. The van der Waals surface area contributed by atoms with Crippen LogP contribution in [0.2, 0.25) is 5.02 Å². The van der Waals surface area contributed by atoms with Crippen LogP contribution >= 0.6 is 23.5 Å². The summed E-state index contributed by atoms with van der Waals surface area (Å²) in [7, 11) is 0. The number of aromatic amines is 1. The Morgan fingerprint density at radius 1 is 1.24 bits per heavy atom. The summed E-state index contributed by atoms with van der Waals surface area (Å²) in [6, 6.07) is 2.83. The molecule has 2 aliphatic rings. The number of hydrogen-bond donors (Lipinski definition) is 2. The van der Waals surface area contributed by atoms with Crippen LogP contribution in [-0.4, -0.2) is 56.2 Å². The maximum Gasteiger partial charge on any atom is 0.417 e. The molecule has 0 bridgehead atoms. The van der Waals surface area contributed by atoms with Crippen molar-refractivity contribution in [3.8, 4) is 0 Å². The fraction of sp³-hybridized carbons (Fsp3) is 0.560. The number of aromatic nitrogens is 4. The summed E-state index contributed by atoms with van der Waals surface area (Å²) in [5.74, 6) is 2.95. The highest BCUT2D eigenvalue weighted by Crippen LogP contribution is 2.38. The lowest BCUT2D eigenvalue weighted by atomic mass is 10.1. The monoisotopic (exact) mass is 553 g/mol. The van der Waals surface area contributed by atoms with Gasteiger partial charge in [0.2, 0.25) is 0 Å². The van der Waals surface area contributed by atoms with Crippen LogP contribution in [0.1, 0.15) is 49.1 Å². The van der Waals surface area contributed by atoms with Gasteiger partial charge in [-0.1, -0.05) is 23.5 Å². The lowest BCUT2D eigenvalue weighted by molar-refractivity contribution is -0.137. The molecule has 1 aromatic carbocycles. The number of fused-ring (bicyclic) bond motifs is 2. The zero-order valence-electron chi connectivity index (χ0n) is 20.7. The van der Waals surface area contributed by atoms with Gasteiger partial charge in [0.05, 0.1) is 21.6 Å². The summed E-state index contributed by atoms with van der Waals surface area (Å²) in [6.07, 6.45) is 6.20. The molecule has 3 aromatic rings. The molecule has 3 heterocycles. The second-order valence-corrected chi connectivity index (χ2v) is 11.2. The number of anilines is 2. The average Bonchev–Trinajstić information content (AvgIpc) is 3.58. The molecule has 0 amide bonds. The van der Waals surface area contributed by atoms with Gasteiger partial charge >= 0.3 is 6.18 Å². The van der Waals surface area contributed by atoms with Gasteiger partial charge in [-0.2, -0.15) is 13.2 Å². The highest BCUT2D eigenvalue weighted by atomic mass is 35.5. The van der Waals surface area contributed by atoms with E-state index < -0.39 is 11.7 Å². The Morgan fingerprint density at radius 3 is 2.86 bits per heavy atom. The summed E-state index contributed by atoms with van der Waals surface area (Å²) in [5, 5.41) is -0.325. The molecule has 0 spiro atoms. The first-order valence-electron chi connectivity index (χ1n) is 12.6. The van der Waals surface area contributed by atoms with E-state index in [0.29, 0.717) is 41.1 Å². The number of nitrogens with zero attached hydrogens (tertiary/aromatic N) is 5. The Balaban J connectivity index is 1.09. The summed E-state index contributed by atoms with van der Waals surface area (Å²) in [5.41, 5.74) is 7.12. The Kier molecular flexibility index (Phi) is 7.74. The van der Waals surface area contributed by atoms with Crippen LogP contribution in [0.5, 0.6) is 0 Å². The zero-order chi connectivity index (χ0) is 26.2. The van der Waals surface area contributed by atoms with Crippen molar-refractivity contribution in [2.45, 2.75) is 57.2 Å². The number of benzene rings is 1. The van der Waals surface area contributed by atoms with Crippen molar-refractivity contribution in [2.24, 2.45) is 5.92 Å². The number of unbranched alkanes of at least 4 members (excludes halogenated alkanes) is 1. The Hall–Kier alpha value is -2.24. The molecule has 12 heteroatoms. The number of nitrogens with one attached hydrogen (secondary N) is 1. The lowest BCUT2D eigenvalue weighted by Crippen LogP contribution is -2.33. The number of rotatable bonds is 9. The van der Waals surface area contributed by atoms with Crippen LogP contribution in [0.25, 0.3) is 11.0 Å². The summed E-state index contributed by atoms with van der Waals surface area (Å²) >= 11 is 7.60. The number of aryl methyl sites for hydroxylation is 1. The third-order valence-electron chi connectivity index (χ3n) is 7.50. The van der Waals surface area contributed by atoms with Crippen molar-refractivity contribution in [2.75, 3.05) is 36.5 Å². The van der Waals surface area contributed by atoms with Crippen molar-refractivity contribution in [1.29, 1.82) is 0 Å². The largest absolute Gasteiger partial charge is 0.417 e. The third-order valence-corrected chi connectivity index (χ3v) is 8.66. The quantitative estimate of drug-likeness (QED) is 0.258. The molecule has 2 aromatic heterocycles. The van der Waals surface area contributed by atoms with E-state index in [1.165, 1.54) is 18.9 Å². The highest BCUT2D eigenvalue weighted by molar-refractivity contribution is 7.96. The van der Waals surface area contributed by atoms with Crippen molar-refractivity contribution in [1.82, 2.24) is 24.2 Å². The molecular weight excluding hydrogens is 523 g/mol. The van der Waals surface area contributed by atoms with Gasteiger partial charge in [-0.15, -0.1) is 0 Å². The average molecular weight is 554 g/mol. The molecule has 0 saturated heterocycles. The highest BCUT2D eigenvalue weighted by Gasteiger charge is 2.35. The van der Waals surface area contributed by atoms with Gasteiger partial charge in [-0.25, -0.2) is 15.0 Å². The molecule has 200 valence electrons. The Labute approximate surface area is 223 Å². The van der Waals surface area contributed by atoms with Gasteiger partial charge in [0, 0.05) is 37.7 Å². The van der Waals surface area contributed by atoms with Crippen molar-refractivity contribution in [3.63, 3.8) is 0 Å². The fourth-order valence-electron chi connectivity index (χ4n) is 5.64. The predicted octanol–water partition coefficient (Wildman–Crippen LogP) is 5.74. The van der Waals surface area contributed by atoms with Gasteiger partial charge in [-0.05, 0) is 62.8 Å². The van der Waals surface area contributed by atoms with Gasteiger partial charge < -0.3 is 15.6 Å². The molecule has 5 rings (SSSR count). The topological polar surface area (TPSA) is 87.0 Å². The van der Waals surface area contributed by atoms with Gasteiger partial charge in [0.15, 0.2) is 0 Å². The number of imidazole rings is 1. The van der Waals surface area contributed by atoms with Crippen LogP contribution in [0.15, 0.2) is 18.5 Å². The van der Waals surface area contributed by atoms with Gasteiger partial charge in [0.1, 0.15) is 23.8 Å². The number of alkyl halides is 3. The minimum absolute atomic E-state index is 0.325. The number of nitrogens with two attached hydrogens (primary N) is 1. The first kappa shape index (κ1) is 26.4. The number of H-pyrrole nitrogens is 1. The maximum atomic E-state index is 13.1. The number of hydrogen-bond acceptors (Lipinski definition) is 7. The number of nitrogen functional groups attached to an aromatic ring is 1. The van der Waals surface area contributed by atoms with Crippen LogP contribution in [0.4, 0.5) is 24.8 Å². The standard InChI is InChI=1S/C25H31ClF3N7S/c1-37-35(13-15-5-6-16(10-15)36-9-7-17-23(30)31-14-32-24(17)36)8-3-2-4-22-33-20-11-18(25(27,28)29)19(26)12-21(20)34-22/h11-12,14-16H,2-10,13H2,1H3,(H,33,34)(H2,30,31,32). The van der Waals surface area contributed by atoms with Crippen LogP contribution in [0, 0.1) is 5.92 Å². The summed E-state index contributed by atoms with van der Waals surface area (Å²) in [4.78, 5) is 18.5. The van der Waals surface area contributed by atoms with E-state index in [0.717, 1.165) is 62.8 Å². The molecule has 2 atom stereocenters. The molecule has 1 fully saturated rings. The van der Waals surface area contributed by atoms with E-state index in [9.17, 15) is 13.2 Å². The fourth-order valence-corrected chi connectivity index (χ4v) is 6.58. The lowest BCUT2D eigenvalue weighted by Gasteiger charge is -2.27. The first-order chi connectivity index (χ1) is 17.7. The van der Waals surface area contributed by atoms with E-state index in [1.807, 2.05) is 0 Å². The molecule has 3 N–H and O–H groups in total. The second-order valence-electron chi connectivity index (χ2n) is 9.90. The van der Waals surface area contributed by atoms with E-state index >= 15 is 0 Å². The van der Waals surface area contributed by atoms with E-state index in [2.05, 4.69) is 35.4 Å². The minimum atomic E-state index is -4.49. The predicted molar refractivity (Wildman–Crippen MR) is 143 cm³/mol. The molecule has 1 aliphatic heterocycles. The SMILES string of the molecule is CSN(CCCCc1nc2cc(Cl)c(C(F)(F)F)cc2[nH]1)CC1CCC(N2CCc3c(N)ncnc32)C1. The van der Waals surface area contributed by atoms with Crippen LogP contribution < -0.4 is 10.6 Å². The smallest absolute Gasteiger partial charge is 0.383 e. The normalized spacial score (nSPS) is 19.9. The molecule has 2 unspecified atom stereocenters.